The number of anilines is 2. The number of ether oxygens (including phenoxy) is 1. The largest absolute Gasteiger partial charge is 0.494 e. The summed E-state index contributed by atoms with van der Waals surface area (Å²) in [5.41, 5.74) is 1.48. The third-order valence-electron chi connectivity index (χ3n) is 3.33. The van der Waals surface area contributed by atoms with Crippen LogP contribution in [-0.2, 0) is 0 Å². The summed E-state index contributed by atoms with van der Waals surface area (Å²) in [5.74, 6) is 1.97. The lowest BCUT2D eigenvalue weighted by Crippen LogP contribution is -2.29. The van der Waals surface area contributed by atoms with Crippen LogP contribution in [0.3, 0.4) is 0 Å². The zero-order chi connectivity index (χ0) is 18.1. The maximum atomic E-state index is 12.1. The Labute approximate surface area is 148 Å². The Balaban J connectivity index is 1.79. The predicted molar refractivity (Wildman–Crippen MR) is 99.4 cm³/mol. The number of hydrogen-bond donors (Lipinski definition) is 3. The van der Waals surface area contributed by atoms with E-state index in [1.54, 1.807) is 24.3 Å². The van der Waals surface area contributed by atoms with Crippen LogP contribution in [0.4, 0.5) is 11.8 Å². The van der Waals surface area contributed by atoms with Gasteiger partial charge in [-0.05, 0) is 45.0 Å². The van der Waals surface area contributed by atoms with Gasteiger partial charge in [-0.3, -0.25) is 4.79 Å². The Morgan fingerprint density at radius 3 is 2.52 bits per heavy atom. The summed E-state index contributed by atoms with van der Waals surface area (Å²) in [6.07, 6.45) is 0. The molecule has 0 aliphatic rings. The highest BCUT2D eigenvalue weighted by atomic mass is 16.5. The lowest BCUT2D eigenvalue weighted by atomic mass is 10.2. The van der Waals surface area contributed by atoms with Gasteiger partial charge in [0.1, 0.15) is 11.6 Å². The fraction of sp³-hybridized carbons (Fsp3) is 0.389. The quantitative estimate of drug-likeness (QED) is 0.606. The molecule has 7 nitrogen and oxygen atoms in total. The molecule has 0 fully saturated rings. The van der Waals surface area contributed by atoms with Crippen molar-refractivity contribution in [2.24, 2.45) is 0 Å². The summed E-state index contributed by atoms with van der Waals surface area (Å²) in [6.45, 7) is 8.27. The van der Waals surface area contributed by atoms with Crippen molar-refractivity contribution in [1.29, 1.82) is 0 Å². The Morgan fingerprint density at radius 1 is 1.08 bits per heavy atom. The molecule has 0 spiro atoms. The van der Waals surface area contributed by atoms with Crippen molar-refractivity contribution in [3.05, 3.63) is 41.6 Å². The number of aromatic nitrogens is 2. The minimum atomic E-state index is -0.122. The minimum absolute atomic E-state index is 0.122. The van der Waals surface area contributed by atoms with Crippen molar-refractivity contribution in [3.63, 3.8) is 0 Å². The first kappa shape index (κ1) is 18.5. The monoisotopic (exact) mass is 343 g/mol. The van der Waals surface area contributed by atoms with E-state index in [9.17, 15) is 4.79 Å². The number of amides is 1. The first-order valence-corrected chi connectivity index (χ1v) is 8.46. The van der Waals surface area contributed by atoms with Gasteiger partial charge in [0.25, 0.3) is 5.91 Å². The van der Waals surface area contributed by atoms with Gasteiger partial charge in [-0.15, -0.1) is 0 Å². The van der Waals surface area contributed by atoms with Gasteiger partial charge in [-0.25, -0.2) is 4.98 Å². The normalized spacial score (nSPS) is 10.2. The molecule has 1 aromatic heterocycles. The molecule has 0 unspecified atom stereocenters. The van der Waals surface area contributed by atoms with E-state index < -0.39 is 0 Å². The second-order valence-corrected chi connectivity index (χ2v) is 5.39. The van der Waals surface area contributed by atoms with E-state index in [1.165, 1.54) is 0 Å². The summed E-state index contributed by atoms with van der Waals surface area (Å²) < 4.78 is 5.36. The number of nitrogens with zero attached hydrogens (tertiary/aromatic N) is 2. The number of nitrogens with one attached hydrogen (secondary N) is 3. The standard InChI is InChI=1S/C18H25N5O2/c1-4-19-16-12-13(3)22-18(23-16)21-11-10-20-17(24)14-6-8-15(9-7-14)25-5-2/h6-9,12H,4-5,10-11H2,1-3H3,(H,20,24)(H2,19,21,22,23). The second-order valence-electron chi connectivity index (χ2n) is 5.39. The van der Waals surface area contributed by atoms with E-state index in [1.807, 2.05) is 26.8 Å². The molecule has 2 rings (SSSR count). The summed E-state index contributed by atoms with van der Waals surface area (Å²) in [6, 6.07) is 8.97. The van der Waals surface area contributed by atoms with E-state index >= 15 is 0 Å². The first-order chi connectivity index (χ1) is 12.1. The van der Waals surface area contributed by atoms with Crippen molar-refractivity contribution in [1.82, 2.24) is 15.3 Å². The Kier molecular flexibility index (Phi) is 7.00. The van der Waals surface area contributed by atoms with Crippen LogP contribution in [0, 0.1) is 6.92 Å². The van der Waals surface area contributed by atoms with Crippen molar-refractivity contribution < 1.29 is 9.53 Å². The predicted octanol–water partition coefficient (Wildman–Crippen LogP) is 2.46. The molecule has 0 aliphatic heterocycles. The van der Waals surface area contributed by atoms with Crippen molar-refractivity contribution >= 4 is 17.7 Å². The van der Waals surface area contributed by atoms with Crippen LogP contribution in [0.15, 0.2) is 30.3 Å². The number of carbonyl (C=O) groups excluding carboxylic acids is 1. The van der Waals surface area contributed by atoms with Gasteiger partial charge in [-0.1, -0.05) is 0 Å². The summed E-state index contributed by atoms with van der Waals surface area (Å²) in [5, 5.41) is 9.14. The van der Waals surface area contributed by atoms with Gasteiger partial charge in [0.05, 0.1) is 6.61 Å². The molecule has 0 saturated heterocycles. The minimum Gasteiger partial charge on any atom is -0.494 e. The molecule has 1 amide bonds. The van der Waals surface area contributed by atoms with Crippen LogP contribution in [0.2, 0.25) is 0 Å². The molecule has 0 aliphatic carbocycles. The van der Waals surface area contributed by atoms with Crippen LogP contribution < -0.4 is 20.7 Å². The van der Waals surface area contributed by atoms with Crippen molar-refractivity contribution in [2.75, 3.05) is 36.9 Å². The van der Waals surface area contributed by atoms with Gasteiger partial charge in [0.15, 0.2) is 0 Å². The van der Waals surface area contributed by atoms with E-state index in [4.69, 9.17) is 4.74 Å². The first-order valence-electron chi connectivity index (χ1n) is 8.46. The summed E-state index contributed by atoms with van der Waals surface area (Å²) in [4.78, 5) is 20.8. The molecular formula is C18H25N5O2. The van der Waals surface area contributed by atoms with Gasteiger partial charge >= 0.3 is 0 Å². The van der Waals surface area contributed by atoms with Gasteiger partial charge in [-0.2, -0.15) is 4.98 Å². The maximum Gasteiger partial charge on any atom is 0.251 e. The molecule has 7 heteroatoms. The lowest BCUT2D eigenvalue weighted by Gasteiger charge is -2.10. The Morgan fingerprint density at radius 2 is 1.84 bits per heavy atom. The molecule has 0 bridgehead atoms. The molecule has 134 valence electrons. The molecule has 0 radical (unpaired) electrons. The molecule has 1 heterocycles. The van der Waals surface area contributed by atoms with Crippen LogP contribution >= 0.6 is 0 Å². The third kappa shape index (κ3) is 5.95. The summed E-state index contributed by atoms with van der Waals surface area (Å²) in [7, 11) is 0. The molecule has 3 N–H and O–H groups in total. The van der Waals surface area contributed by atoms with E-state index in [2.05, 4.69) is 25.9 Å². The smallest absolute Gasteiger partial charge is 0.251 e. The summed E-state index contributed by atoms with van der Waals surface area (Å²) >= 11 is 0. The van der Waals surface area contributed by atoms with Crippen LogP contribution in [0.1, 0.15) is 29.9 Å². The van der Waals surface area contributed by atoms with Gasteiger partial charge < -0.3 is 20.7 Å². The molecule has 0 saturated carbocycles. The number of aryl methyl sites for hydroxylation is 1. The molecule has 25 heavy (non-hydrogen) atoms. The molecular weight excluding hydrogens is 318 g/mol. The van der Waals surface area contributed by atoms with Crippen LogP contribution in [-0.4, -0.2) is 42.1 Å². The second kappa shape index (κ2) is 9.46. The van der Waals surface area contributed by atoms with E-state index in [0.717, 1.165) is 23.8 Å². The van der Waals surface area contributed by atoms with E-state index in [-0.39, 0.29) is 5.91 Å². The van der Waals surface area contributed by atoms with Crippen molar-refractivity contribution in [3.8, 4) is 5.75 Å². The highest BCUT2D eigenvalue weighted by Gasteiger charge is 2.05. The van der Waals surface area contributed by atoms with Crippen LogP contribution in [0.25, 0.3) is 0 Å². The van der Waals surface area contributed by atoms with Crippen LogP contribution in [0.5, 0.6) is 5.75 Å². The average molecular weight is 343 g/mol. The number of benzene rings is 1. The number of carbonyl (C=O) groups is 1. The van der Waals surface area contributed by atoms with Crippen molar-refractivity contribution in [2.45, 2.75) is 20.8 Å². The molecule has 0 atom stereocenters. The lowest BCUT2D eigenvalue weighted by molar-refractivity contribution is 0.0955. The van der Waals surface area contributed by atoms with E-state index in [0.29, 0.717) is 31.2 Å². The molecule has 1 aromatic carbocycles. The topological polar surface area (TPSA) is 88.2 Å². The maximum absolute atomic E-state index is 12.1. The zero-order valence-corrected chi connectivity index (χ0v) is 14.9. The van der Waals surface area contributed by atoms with Gasteiger partial charge in [0.2, 0.25) is 5.95 Å². The fourth-order valence-electron chi connectivity index (χ4n) is 2.24. The Hall–Kier alpha value is -2.83. The highest BCUT2D eigenvalue weighted by molar-refractivity contribution is 5.94. The average Bonchev–Trinajstić information content (AvgIpc) is 2.59. The number of hydrogen-bond acceptors (Lipinski definition) is 6. The number of rotatable bonds is 9. The highest BCUT2D eigenvalue weighted by Crippen LogP contribution is 2.12. The SMILES string of the molecule is CCNc1cc(C)nc(NCCNC(=O)c2ccc(OCC)cc2)n1. The zero-order valence-electron chi connectivity index (χ0n) is 14.9. The molecule has 2 aromatic rings. The third-order valence-corrected chi connectivity index (χ3v) is 3.33. The van der Waals surface area contributed by atoms with Gasteiger partial charge in [0, 0.05) is 37.0 Å². The Bertz CT molecular complexity index is 688. The fourth-order valence-corrected chi connectivity index (χ4v) is 2.24.